The van der Waals surface area contributed by atoms with Gasteiger partial charge in [-0.05, 0) is 13.8 Å². The number of nitriles is 1. The third kappa shape index (κ3) is 1.74. The van der Waals surface area contributed by atoms with Crippen LogP contribution in [0.25, 0.3) is 0 Å². The molecule has 0 saturated carbocycles. The Hall–Kier alpha value is -0.930. The highest BCUT2D eigenvalue weighted by Gasteiger charge is 2.55. The minimum absolute atomic E-state index is 0.310. The van der Waals surface area contributed by atoms with E-state index in [4.69, 9.17) is 24.2 Å². The molecule has 2 aliphatic heterocycles. The minimum atomic E-state index is -0.676. The molecule has 0 amide bonds. The Kier molecular flexibility index (Phi) is 2.76. The SMILES string of the molecule is C=C(C#N)C1OC2OC(C)(C)OC2C1OC. The summed E-state index contributed by atoms with van der Waals surface area (Å²) in [6.07, 6.45) is -1.63. The summed E-state index contributed by atoms with van der Waals surface area (Å²) in [5, 5.41) is 8.81. The predicted molar refractivity (Wildman–Crippen MR) is 54.2 cm³/mol. The fourth-order valence-corrected chi connectivity index (χ4v) is 2.08. The van der Waals surface area contributed by atoms with Crippen molar-refractivity contribution in [3.05, 3.63) is 12.2 Å². The van der Waals surface area contributed by atoms with Gasteiger partial charge in [-0.25, -0.2) is 0 Å². The van der Waals surface area contributed by atoms with Crippen molar-refractivity contribution in [3.63, 3.8) is 0 Å². The van der Waals surface area contributed by atoms with Gasteiger partial charge in [0.1, 0.15) is 18.3 Å². The van der Waals surface area contributed by atoms with Crippen LogP contribution in [-0.2, 0) is 18.9 Å². The van der Waals surface area contributed by atoms with Crippen LogP contribution in [0.15, 0.2) is 12.2 Å². The van der Waals surface area contributed by atoms with E-state index in [1.165, 1.54) is 0 Å². The summed E-state index contributed by atoms with van der Waals surface area (Å²) >= 11 is 0. The summed E-state index contributed by atoms with van der Waals surface area (Å²) in [4.78, 5) is 0. The van der Waals surface area contributed by atoms with E-state index >= 15 is 0 Å². The summed E-state index contributed by atoms with van der Waals surface area (Å²) < 4.78 is 22.1. The zero-order valence-corrected chi connectivity index (χ0v) is 9.60. The molecule has 0 spiro atoms. The van der Waals surface area contributed by atoms with Gasteiger partial charge in [-0.2, -0.15) is 5.26 Å². The average molecular weight is 225 g/mol. The number of methoxy groups -OCH3 is 1. The van der Waals surface area contributed by atoms with Gasteiger partial charge in [-0.1, -0.05) is 6.58 Å². The molecular formula is C11H15NO4. The first-order valence-electron chi connectivity index (χ1n) is 5.11. The highest BCUT2D eigenvalue weighted by Crippen LogP contribution is 2.39. The van der Waals surface area contributed by atoms with Gasteiger partial charge >= 0.3 is 0 Å². The number of rotatable bonds is 2. The molecule has 5 nitrogen and oxygen atoms in total. The monoisotopic (exact) mass is 225 g/mol. The highest BCUT2D eigenvalue weighted by molar-refractivity contribution is 5.25. The lowest BCUT2D eigenvalue weighted by Crippen LogP contribution is -2.36. The Morgan fingerprint density at radius 2 is 2.12 bits per heavy atom. The van der Waals surface area contributed by atoms with Crippen molar-refractivity contribution in [1.29, 1.82) is 5.26 Å². The van der Waals surface area contributed by atoms with E-state index in [9.17, 15) is 0 Å². The molecule has 2 aliphatic rings. The first-order chi connectivity index (χ1) is 7.48. The van der Waals surface area contributed by atoms with Gasteiger partial charge in [0.2, 0.25) is 0 Å². The Morgan fingerprint density at radius 3 is 2.69 bits per heavy atom. The molecule has 0 N–H and O–H groups in total. The summed E-state index contributed by atoms with van der Waals surface area (Å²) in [6.45, 7) is 7.27. The van der Waals surface area contributed by atoms with Crippen molar-refractivity contribution < 1.29 is 18.9 Å². The van der Waals surface area contributed by atoms with Crippen LogP contribution in [0.1, 0.15) is 13.8 Å². The van der Waals surface area contributed by atoms with Crippen molar-refractivity contribution in [2.75, 3.05) is 7.11 Å². The maximum atomic E-state index is 8.81. The molecule has 0 aromatic heterocycles. The maximum absolute atomic E-state index is 8.81. The standard InChI is InChI=1S/C11H15NO4/c1-6(5-12)7-8(13-4)9-10(14-7)16-11(2,3)15-9/h7-10H,1H2,2-4H3. The van der Waals surface area contributed by atoms with Gasteiger partial charge in [0, 0.05) is 7.11 Å². The largest absolute Gasteiger partial charge is 0.375 e. The lowest BCUT2D eigenvalue weighted by molar-refractivity contribution is -0.211. The molecule has 88 valence electrons. The van der Waals surface area contributed by atoms with Crippen molar-refractivity contribution >= 4 is 0 Å². The molecule has 0 aliphatic carbocycles. The van der Waals surface area contributed by atoms with Crippen molar-refractivity contribution in [2.45, 2.75) is 44.2 Å². The molecule has 0 radical (unpaired) electrons. The third-order valence-corrected chi connectivity index (χ3v) is 2.75. The van der Waals surface area contributed by atoms with Gasteiger partial charge < -0.3 is 18.9 Å². The fourth-order valence-electron chi connectivity index (χ4n) is 2.08. The molecule has 0 aromatic carbocycles. The maximum Gasteiger partial charge on any atom is 0.190 e. The van der Waals surface area contributed by atoms with E-state index in [0.717, 1.165) is 0 Å². The molecule has 4 unspecified atom stereocenters. The first kappa shape index (κ1) is 11.6. The number of hydrogen-bond donors (Lipinski definition) is 0. The minimum Gasteiger partial charge on any atom is -0.375 e. The molecule has 2 rings (SSSR count). The molecule has 2 fully saturated rings. The van der Waals surface area contributed by atoms with Crippen molar-refractivity contribution in [1.82, 2.24) is 0 Å². The van der Waals surface area contributed by atoms with E-state index in [1.807, 2.05) is 19.9 Å². The van der Waals surface area contributed by atoms with Gasteiger partial charge in [0.05, 0.1) is 11.6 Å². The quantitative estimate of drug-likeness (QED) is 0.655. The van der Waals surface area contributed by atoms with Gasteiger partial charge in [0.25, 0.3) is 0 Å². The summed E-state index contributed by atoms with van der Waals surface area (Å²) in [5.41, 5.74) is 0.325. The number of hydrogen-bond acceptors (Lipinski definition) is 5. The lowest BCUT2D eigenvalue weighted by atomic mass is 10.1. The summed E-state index contributed by atoms with van der Waals surface area (Å²) in [7, 11) is 1.56. The van der Waals surface area contributed by atoms with Gasteiger partial charge in [0.15, 0.2) is 12.1 Å². The van der Waals surface area contributed by atoms with Crippen LogP contribution in [0.3, 0.4) is 0 Å². The van der Waals surface area contributed by atoms with E-state index in [2.05, 4.69) is 6.58 Å². The van der Waals surface area contributed by atoms with E-state index in [0.29, 0.717) is 5.57 Å². The molecule has 4 atom stereocenters. The molecular weight excluding hydrogens is 210 g/mol. The Bertz CT molecular complexity index is 346. The second-order valence-corrected chi connectivity index (χ2v) is 4.36. The van der Waals surface area contributed by atoms with Crippen LogP contribution in [0.2, 0.25) is 0 Å². The molecule has 16 heavy (non-hydrogen) atoms. The molecule has 2 saturated heterocycles. The fraction of sp³-hybridized carbons (Fsp3) is 0.727. The average Bonchev–Trinajstić information content (AvgIpc) is 2.68. The second-order valence-electron chi connectivity index (χ2n) is 4.36. The van der Waals surface area contributed by atoms with Crippen LogP contribution in [-0.4, -0.2) is 37.5 Å². The first-order valence-corrected chi connectivity index (χ1v) is 5.11. The van der Waals surface area contributed by atoms with Crippen LogP contribution < -0.4 is 0 Å². The van der Waals surface area contributed by atoms with E-state index in [1.54, 1.807) is 7.11 Å². The zero-order chi connectivity index (χ0) is 11.9. The van der Waals surface area contributed by atoms with E-state index in [-0.39, 0.29) is 12.2 Å². The Morgan fingerprint density at radius 1 is 1.44 bits per heavy atom. The summed E-state index contributed by atoms with van der Waals surface area (Å²) in [6, 6.07) is 1.97. The van der Waals surface area contributed by atoms with Crippen molar-refractivity contribution in [2.24, 2.45) is 0 Å². The van der Waals surface area contributed by atoms with Crippen LogP contribution in [0.5, 0.6) is 0 Å². The smallest absolute Gasteiger partial charge is 0.190 e. The predicted octanol–water partition coefficient (Wildman–Crippen LogP) is 0.958. The molecule has 0 bridgehead atoms. The Labute approximate surface area is 94.5 Å². The normalized spacial score (nSPS) is 40.4. The number of nitrogens with zero attached hydrogens (tertiary/aromatic N) is 1. The third-order valence-electron chi connectivity index (χ3n) is 2.75. The molecule has 2 heterocycles. The van der Waals surface area contributed by atoms with Crippen LogP contribution in [0.4, 0.5) is 0 Å². The van der Waals surface area contributed by atoms with Crippen molar-refractivity contribution in [3.8, 4) is 6.07 Å². The van der Waals surface area contributed by atoms with Crippen LogP contribution in [0, 0.1) is 11.3 Å². The molecule has 0 aromatic rings. The van der Waals surface area contributed by atoms with Gasteiger partial charge in [-0.15, -0.1) is 0 Å². The number of ether oxygens (including phenoxy) is 4. The molecule has 5 heteroatoms. The lowest BCUT2D eigenvalue weighted by Gasteiger charge is -2.24. The van der Waals surface area contributed by atoms with E-state index < -0.39 is 18.2 Å². The second kappa shape index (κ2) is 3.82. The highest BCUT2D eigenvalue weighted by atomic mass is 16.8. The number of fused-ring (bicyclic) bond motifs is 1. The topological polar surface area (TPSA) is 60.7 Å². The van der Waals surface area contributed by atoms with Gasteiger partial charge in [-0.3, -0.25) is 0 Å². The Balaban J connectivity index is 2.16. The van der Waals surface area contributed by atoms with Crippen LogP contribution >= 0.6 is 0 Å². The zero-order valence-electron chi connectivity index (χ0n) is 9.60. The summed E-state index contributed by atoms with van der Waals surface area (Å²) in [5.74, 6) is -0.676.